The molecular formula is C18H34N2O. The number of nitrogens with one attached hydrogen (secondary N) is 1. The quantitative estimate of drug-likeness (QED) is 0.843. The molecular weight excluding hydrogens is 260 g/mol. The molecule has 2 unspecified atom stereocenters. The Morgan fingerprint density at radius 1 is 1.19 bits per heavy atom. The molecule has 1 aliphatic heterocycles. The highest BCUT2D eigenvalue weighted by molar-refractivity contribution is 5.10. The van der Waals surface area contributed by atoms with Crippen molar-refractivity contribution in [2.75, 3.05) is 19.7 Å². The molecule has 0 aromatic rings. The van der Waals surface area contributed by atoms with Crippen LogP contribution in [-0.4, -0.2) is 48.8 Å². The third kappa shape index (κ3) is 3.02. The molecule has 1 saturated heterocycles. The Bertz CT molecular complexity index is 330. The van der Waals surface area contributed by atoms with Gasteiger partial charge in [-0.1, -0.05) is 12.8 Å². The SMILES string of the molecule is CCOC1CC(NC2CCN(C(C)C)CC2)C12CCCC2. The van der Waals surface area contributed by atoms with Crippen molar-refractivity contribution >= 4 is 0 Å². The summed E-state index contributed by atoms with van der Waals surface area (Å²) in [6.07, 6.45) is 10.0. The molecule has 1 spiro atoms. The molecule has 2 saturated carbocycles. The van der Waals surface area contributed by atoms with Gasteiger partial charge in [0.2, 0.25) is 0 Å². The molecule has 0 bridgehead atoms. The average Bonchev–Trinajstić information content (AvgIpc) is 2.99. The van der Waals surface area contributed by atoms with E-state index in [1.165, 1.54) is 58.0 Å². The minimum Gasteiger partial charge on any atom is -0.378 e. The number of piperidine rings is 1. The minimum absolute atomic E-state index is 0.491. The molecule has 21 heavy (non-hydrogen) atoms. The van der Waals surface area contributed by atoms with E-state index in [1.54, 1.807) is 0 Å². The summed E-state index contributed by atoms with van der Waals surface area (Å²) in [5.41, 5.74) is 0.491. The van der Waals surface area contributed by atoms with Gasteiger partial charge >= 0.3 is 0 Å². The predicted octanol–water partition coefficient (Wildman–Crippen LogP) is 3.19. The van der Waals surface area contributed by atoms with Crippen LogP contribution in [0.2, 0.25) is 0 Å². The maximum absolute atomic E-state index is 6.04. The van der Waals surface area contributed by atoms with Crippen molar-refractivity contribution in [3.8, 4) is 0 Å². The zero-order chi connectivity index (χ0) is 14.9. The van der Waals surface area contributed by atoms with Crippen LogP contribution in [-0.2, 0) is 4.74 Å². The van der Waals surface area contributed by atoms with Crippen molar-refractivity contribution in [3.05, 3.63) is 0 Å². The summed E-state index contributed by atoms with van der Waals surface area (Å²) in [4.78, 5) is 2.62. The highest BCUT2D eigenvalue weighted by Crippen LogP contribution is 2.55. The van der Waals surface area contributed by atoms with E-state index in [-0.39, 0.29) is 0 Å². The molecule has 0 aromatic heterocycles. The van der Waals surface area contributed by atoms with E-state index in [1.807, 2.05) is 0 Å². The van der Waals surface area contributed by atoms with Crippen molar-refractivity contribution in [2.45, 2.75) is 89.9 Å². The normalized spacial score (nSPS) is 33.7. The summed E-state index contributed by atoms with van der Waals surface area (Å²) in [5, 5.41) is 4.03. The Balaban J connectivity index is 1.52. The molecule has 2 aliphatic carbocycles. The summed E-state index contributed by atoms with van der Waals surface area (Å²) in [5.74, 6) is 0. The Kier molecular flexibility index (Phi) is 4.92. The fraction of sp³-hybridized carbons (Fsp3) is 1.00. The predicted molar refractivity (Wildman–Crippen MR) is 87.6 cm³/mol. The van der Waals surface area contributed by atoms with Gasteiger partial charge in [0.1, 0.15) is 0 Å². The van der Waals surface area contributed by atoms with Crippen LogP contribution in [0.5, 0.6) is 0 Å². The van der Waals surface area contributed by atoms with Gasteiger partial charge in [-0.05, 0) is 66.0 Å². The second kappa shape index (κ2) is 6.55. The number of nitrogens with zero attached hydrogens (tertiary/aromatic N) is 1. The van der Waals surface area contributed by atoms with Gasteiger partial charge in [0.15, 0.2) is 0 Å². The molecule has 1 N–H and O–H groups in total. The van der Waals surface area contributed by atoms with E-state index in [4.69, 9.17) is 4.74 Å². The summed E-state index contributed by atoms with van der Waals surface area (Å²) in [7, 11) is 0. The monoisotopic (exact) mass is 294 g/mol. The molecule has 0 aromatic carbocycles. The largest absolute Gasteiger partial charge is 0.378 e. The molecule has 1 heterocycles. The fourth-order valence-electron chi connectivity index (χ4n) is 4.99. The van der Waals surface area contributed by atoms with Crippen LogP contribution in [0.4, 0.5) is 0 Å². The Hall–Kier alpha value is -0.120. The maximum atomic E-state index is 6.04. The van der Waals surface area contributed by atoms with Crippen LogP contribution >= 0.6 is 0 Å². The van der Waals surface area contributed by atoms with E-state index >= 15 is 0 Å². The van der Waals surface area contributed by atoms with Crippen molar-refractivity contribution in [1.82, 2.24) is 10.2 Å². The smallest absolute Gasteiger partial charge is 0.0661 e. The lowest BCUT2D eigenvalue weighted by molar-refractivity contribution is -0.133. The van der Waals surface area contributed by atoms with Crippen molar-refractivity contribution in [1.29, 1.82) is 0 Å². The third-order valence-corrected chi connectivity index (χ3v) is 6.38. The summed E-state index contributed by atoms with van der Waals surface area (Å²) < 4.78 is 6.04. The highest BCUT2D eigenvalue weighted by Gasteiger charge is 2.56. The minimum atomic E-state index is 0.491. The van der Waals surface area contributed by atoms with Crippen molar-refractivity contribution in [2.24, 2.45) is 5.41 Å². The van der Waals surface area contributed by atoms with Gasteiger partial charge in [-0.15, -0.1) is 0 Å². The third-order valence-electron chi connectivity index (χ3n) is 6.38. The first-order chi connectivity index (χ1) is 10.2. The topological polar surface area (TPSA) is 24.5 Å². The first kappa shape index (κ1) is 15.8. The first-order valence-corrected chi connectivity index (χ1v) is 9.27. The van der Waals surface area contributed by atoms with Gasteiger partial charge in [-0.25, -0.2) is 0 Å². The van der Waals surface area contributed by atoms with Gasteiger partial charge in [0, 0.05) is 30.1 Å². The van der Waals surface area contributed by atoms with Crippen LogP contribution in [0.1, 0.15) is 65.7 Å². The average molecular weight is 294 g/mol. The van der Waals surface area contributed by atoms with Crippen LogP contribution in [0, 0.1) is 5.41 Å². The van der Waals surface area contributed by atoms with E-state index in [2.05, 4.69) is 31.0 Å². The lowest BCUT2D eigenvalue weighted by atomic mass is 9.60. The molecule has 3 rings (SSSR count). The lowest BCUT2D eigenvalue weighted by Crippen LogP contribution is -2.65. The van der Waals surface area contributed by atoms with Gasteiger partial charge < -0.3 is 15.0 Å². The van der Waals surface area contributed by atoms with Gasteiger partial charge in [-0.2, -0.15) is 0 Å². The molecule has 0 amide bonds. The molecule has 3 heteroatoms. The van der Waals surface area contributed by atoms with Gasteiger partial charge in [-0.3, -0.25) is 0 Å². The number of hydrogen-bond donors (Lipinski definition) is 1. The maximum Gasteiger partial charge on any atom is 0.0661 e. The van der Waals surface area contributed by atoms with E-state index < -0.39 is 0 Å². The fourth-order valence-corrected chi connectivity index (χ4v) is 4.99. The van der Waals surface area contributed by atoms with Crippen LogP contribution in [0.15, 0.2) is 0 Å². The summed E-state index contributed by atoms with van der Waals surface area (Å²) in [6, 6.07) is 2.18. The number of ether oxygens (including phenoxy) is 1. The Morgan fingerprint density at radius 3 is 2.43 bits per heavy atom. The second-order valence-corrected chi connectivity index (χ2v) is 7.74. The highest BCUT2D eigenvalue weighted by atomic mass is 16.5. The van der Waals surface area contributed by atoms with Crippen molar-refractivity contribution in [3.63, 3.8) is 0 Å². The first-order valence-electron chi connectivity index (χ1n) is 9.27. The standard InChI is InChI=1S/C18H34N2O/c1-4-21-17-13-16(18(17)9-5-6-10-18)19-15-7-11-20(12-8-15)14(2)3/h14-17,19H,4-13H2,1-3H3. The zero-order valence-corrected chi connectivity index (χ0v) is 14.2. The van der Waals surface area contributed by atoms with E-state index in [9.17, 15) is 0 Å². The molecule has 3 nitrogen and oxygen atoms in total. The molecule has 0 radical (unpaired) electrons. The number of hydrogen-bond acceptors (Lipinski definition) is 3. The molecule has 3 aliphatic rings. The lowest BCUT2D eigenvalue weighted by Gasteiger charge is -2.55. The second-order valence-electron chi connectivity index (χ2n) is 7.74. The number of rotatable bonds is 5. The Labute approximate surface area is 130 Å². The van der Waals surface area contributed by atoms with Crippen LogP contribution < -0.4 is 5.32 Å². The van der Waals surface area contributed by atoms with Gasteiger partial charge in [0.05, 0.1) is 6.10 Å². The molecule has 122 valence electrons. The van der Waals surface area contributed by atoms with E-state index in [0.29, 0.717) is 17.6 Å². The van der Waals surface area contributed by atoms with Crippen LogP contribution in [0.3, 0.4) is 0 Å². The summed E-state index contributed by atoms with van der Waals surface area (Å²) >= 11 is 0. The number of likely N-dealkylation sites (tertiary alicyclic amines) is 1. The Morgan fingerprint density at radius 2 is 1.86 bits per heavy atom. The van der Waals surface area contributed by atoms with E-state index in [0.717, 1.165) is 18.7 Å². The zero-order valence-electron chi connectivity index (χ0n) is 14.2. The van der Waals surface area contributed by atoms with Gasteiger partial charge in [0.25, 0.3) is 0 Å². The molecule has 3 fully saturated rings. The van der Waals surface area contributed by atoms with Crippen LogP contribution in [0.25, 0.3) is 0 Å². The molecule has 2 atom stereocenters. The summed E-state index contributed by atoms with van der Waals surface area (Å²) in [6.45, 7) is 10.2. The van der Waals surface area contributed by atoms with Crippen molar-refractivity contribution < 1.29 is 4.74 Å².